The van der Waals surface area contributed by atoms with Crippen LogP contribution in [0.4, 0.5) is 0 Å². The van der Waals surface area contributed by atoms with E-state index in [9.17, 15) is 13.2 Å². The van der Waals surface area contributed by atoms with Gasteiger partial charge in [-0.1, -0.05) is 6.07 Å². The van der Waals surface area contributed by atoms with Crippen LogP contribution in [-0.4, -0.2) is 48.1 Å². The van der Waals surface area contributed by atoms with E-state index in [0.717, 1.165) is 19.1 Å². The molecule has 3 rings (SSSR count). The second-order valence-electron chi connectivity index (χ2n) is 5.86. The van der Waals surface area contributed by atoms with Crippen molar-refractivity contribution in [1.82, 2.24) is 14.5 Å². The molecule has 6 nitrogen and oxygen atoms in total. The Bertz CT molecular complexity index is 800. The van der Waals surface area contributed by atoms with Gasteiger partial charge in [-0.25, -0.2) is 13.4 Å². The van der Waals surface area contributed by atoms with Crippen molar-refractivity contribution in [2.24, 2.45) is 0 Å². The summed E-state index contributed by atoms with van der Waals surface area (Å²) >= 11 is 0. The van der Waals surface area contributed by atoms with Gasteiger partial charge in [-0.3, -0.25) is 4.79 Å². The standard InChI is InChI=1S/C16H19N3O3S/c1-23(21,22)15-6-2-4-13(10-15)16(20)18-8-3-5-14(11-18)19-9-7-17-12-19/h2,4,6-7,9-10,12,14H,3,5,8,11H2,1H3/t14-/m1/s1. The molecular formula is C16H19N3O3S. The molecule has 2 heterocycles. The Morgan fingerprint density at radius 2 is 2.17 bits per heavy atom. The van der Waals surface area contributed by atoms with Crippen molar-refractivity contribution in [3.8, 4) is 0 Å². The number of sulfone groups is 1. The largest absolute Gasteiger partial charge is 0.337 e. The maximum atomic E-state index is 12.7. The Balaban J connectivity index is 1.80. The van der Waals surface area contributed by atoms with E-state index in [4.69, 9.17) is 0 Å². The van der Waals surface area contributed by atoms with E-state index >= 15 is 0 Å². The third kappa shape index (κ3) is 3.44. The van der Waals surface area contributed by atoms with E-state index < -0.39 is 9.84 Å². The first-order valence-electron chi connectivity index (χ1n) is 7.52. The van der Waals surface area contributed by atoms with Crippen LogP contribution in [0.3, 0.4) is 0 Å². The second-order valence-corrected chi connectivity index (χ2v) is 7.87. The molecule has 0 N–H and O–H groups in total. The van der Waals surface area contributed by atoms with Gasteiger partial charge in [-0.15, -0.1) is 0 Å². The van der Waals surface area contributed by atoms with Crippen LogP contribution >= 0.6 is 0 Å². The summed E-state index contributed by atoms with van der Waals surface area (Å²) in [6, 6.07) is 6.46. The number of aromatic nitrogens is 2. The van der Waals surface area contributed by atoms with Crippen LogP contribution in [-0.2, 0) is 9.84 Å². The monoisotopic (exact) mass is 333 g/mol. The van der Waals surface area contributed by atoms with Gasteiger partial charge in [0.15, 0.2) is 9.84 Å². The molecule has 0 aliphatic carbocycles. The Kier molecular flexibility index (Phi) is 4.21. The molecule has 0 spiro atoms. The molecule has 1 aromatic carbocycles. The van der Waals surface area contributed by atoms with E-state index in [1.807, 2.05) is 10.8 Å². The highest BCUT2D eigenvalue weighted by Crippen LogP contribution is 2.23. The van der Waals surface area contributed by atoms with Crippen LogP contribution < -0.4 is 0 Å². The fraction of sp³-hybridized carbons (Fsp3) is 0.375. The number of carbonyl (C=O) groups is 1. The van der Waals surface area contributed by atoms with Gasteiger partial charge in [-0.2, -0.15) is 0 Å². The lowest BCUT2D eigenvalue weighted by Gasteiger charge is -2.33. The van der Waals surface area contributed by atoms with Gasteiger partial charge >= 0.3 is 0 Å². The average Bonchev–Trinajstić information content (AvgIpc) is 3.08. The number of benzene rings is 1. The highest BCUT2D eigenvalue weighted by molar-refractivity contribution is 7.90. The van der Waals surface area contributed by atoms with Crippen LogP contribution in [0.1, 0.15) is 29.2 Å². The van der Waals surface area contributed by atoms with Crippen molar-refractivity contribution in [3.63, 3.8) is 0 Å². The molecule has 1 fully saturated rings. The maximum absolute atomic E-state index is 12.7. The molecule has 1 saturated heterocycles. The molecule has 0 saturated carbocycles. The lowest BCUT2D eigenvalue weighted by Crippen LogP contribution is -2.40. The van der Waals surface area contributed by atoms with Gasteiger partial charge in [-0.05, 0) is 31.0 Å². The zero-order valence-electron chi connectivity index (χ0n) is 12.9. The average molecular weight is 333 g/mol. The van der Waals surface area contributed by atoms with Crippen LogP contribution in [0, 0.1) is 0 Å². The van der Waals surface area contributed by atoms with E-state index in [1.165, 1.54) is 12.1 Å². The predicted octanol–water partition coefficient (Wildman–Crippen LogP) is 1.76. The molecule has 1 aromatic heterocycles. The molecule has 23 heavy (non-hydrogen) atoms. The highest BCUT2D eigenvalue weighted by Gasteiger charge is 2.25. The van der Waals surface area contributed by atoms with Crippen LogP contribution in [0.15, 0.2) is 47.9 Å². The van der Waals surface area contributed by atoms with Crippen LogP contribution in [0.2, 0.25) is 0 Å². The van der Waals surface area contributed by atoms with Crippen molar-refractivity contribution in [2.45, 2.75) is 23.8 Å². The SMILES string of the molecule is CS(=O)(=O)c1cccc(C(=O)N2CCC[C@@H](n3ccnc3)C2)c1. The summed E-state index contributed by atoms with van der Waals surface area (Å²) in [6.07, 6.45) is 8.47. The molecule has 0 radical (unpaired) electrons. The van der Waals surface area contributed by atoms with Crippen molar-refractivity contribution < 1.29 is 13.2 Å². The van der Waals surface area contributed by atoms with Crippen molar-refractivity contribution in [2.75, 3.05) is 19.3 Å². The maximum Gasteiger partial charge on any atom is 0.253 e. The number of nitrogens with zero attached hydrogens (tertiary/aromatic N) is 3. The number of hydrogen-bond donors (Lipinski definition) is 0. The minimum Gasteiger partial charge on any atom is -0.337 e. The van der Waals surface area contributed by atoms with Gasteiger partial charge in [0.25, 0.3) is 5.91 Å². The topological polar surface area (TPSA) is 72.3 Å². The molecular weight excluding hydrogens is 314 g/mol. The van der Waals surface area contributed by atoms with Gasteiger partial charge in [0.1, 0.15) is 0 Å². The molecule has 1 amide bonds. The van der Waals surface area contributed by atoms with E-state index in [0.29, 0.717) is 18.7 Å². The van der Waals surface area contributed by atoms with E-state index in [2.05, 4.69) is 4.98 Å². The van der Waals surface area contributed by atoms with Crippen molar-refractivity contribution >= 4 is 15.7 Å². The lowest BCUT2D eigenvalue weighted by molar-refractivity contribution is 0.0679. The Labute approximate surface area is 135 Å². The fourth-order valence-corrected chi connectivity index (χ4v) is 3.58. The van der Waals surface area contributed by atoms with Crippen molar-refractivity contribution in [1.29, 1.82) is 0 Å². The smallest absolute Gasteiger partial charge is 0.253 e. The Morgan fingerprint density at radius 1 is 1.35 bits per heavy atom. The molecule has 1 aliphatic rings. The van der Waals surface area contributed by atoms with E-state index in [-0.39, 0.29) is 16.8 Å². The number of amides is 1. The third-order valence-electron chi connectivity index (χ3n) is 4.14. The van der Waals surface area contributed by atoms with Gasteiger partial charge in [0.05, 0.1) is 17.3 Å². The first-order chi connectivity index (χ1) is 10.9. The number of imidazole rings is 1. The molecule has 1 aliphatic heterocycles. The number of rotatable bonds is 3. The summed E-state index contributed by atoms with van der Waals surface area (Å²) in [4.78, 5) is 18.7. The lowest BCUT2D eigenvalue weighted by atomic mass is 10.0. The first kappa shape index (κ1) is 15.7. The molecule has 122 valence electrons. The minimum atomic E-state index is -3.32. The zero-order chi connectivity index (χ0) is 16.4. The summed E-state index contributed by atoms with van der Waals surface area (Å²) in [5.74, 6) is -0.125. The number of piperidine rings is 1. The Morgan fingerprint density at radius 3 is 2.87 bits per heavy atom. The van der Waals surface area contributed by atoms with E-state index in [1.54, 1.807) is 29.6 Å². The van der Waals surface area contributed by atoms with Gasteiger partial charge in [0, 0.05) is 37.3 Å². The number of hydrogen-bond acceptors (Lipinski definition) is 4. The van der Waals surface area contributed by atoms with Gasteiger partial charge < -0.3 is 9.47 Å². The second kappa shape index (κ2) is 6.16. The normalized spacial score (nSPS) is 18.8. The first-order valence-corrected chi connectivity index (χ1v) is 9.41. The highest BCUT2D eigenvalue weighted by atomic mass is 32.2. The number of likely N-dealkylation sites (tertiary alicyclic amines) is 1. The summed E-state index contributed by atoms with van der Waals surface area (Å²) < 4.78 is 25.3. The molecule has 0 unspecified atom stereocenters. The zero-order valence-corrected chi connectivity index (χ0v) is 13.7. The molecule has 2 aromatic rings. The Hall–Kier alpha value is -2.15. The molecule has 1 atom stereocenters. The molecule has 0 bridgehead atoms. The molecule has 7 heteroatoms. The number of carbonyl (C=O) groups excluding carboxylic acids is 1. The quantitative estimate of drug-likeness (QED) is 0.858. The fourth-order valence-electron chi connectivity index (χ4n) is 2.91. The van der Waals surface area contributed by atoms with Crippen LogP contribution in [0.5, 0.6) is 0 Å². The summed E-state index contributed by atoms with van der Waals surface area (Å²) in [5.41, 5.74) is 0.416. The summed E-state index contributed by atoms with van der Waals surface area (Å²) in [7, 11) is -3.32. The third-order valence-corrected chi connectivity index (χ3v) is 5.25. The predicted molar refractivity (Wildman–Crippen MR) is 86.0 cm³/mol. The van der Waals surface area contributed by atoms with Gasteiger partial charge in [0.2, 0.25) is 0 Å². The summed E-state index contributed by atoms with van der Waals surface area (Å²) in [5, 5.41) is 0. The summed E-state index contributed by atoms with van der Waals surface area (Å²) in [6.45, 7) is 1.30. The minimum absolute atomic E-state index is 0.125. The van der Waals surface area contributed by atoms with Crippen LogP contribution in [0.25, 0.3) is 0 Å². The van der Waals surface area contributed by atoms with Crippen molar-refractivity contribution in [3.05, 3.63) is 48.5 Å².